The standard InChI is InChI=1S/C24H31N3O5S/c1-18-16-26(17-23(32-18)20-7-4-3-5-8-20)19(2)24(28)25-21-9-6-10-22(15-21)33(29,30)27-11-13-31-14-12-27/h3-10,15,18-19,23H,11-14,16-17H2,1-2H3,(H,25,28). The summed E-state index contributed by atoms with van der Waals surface area (Å²) in [6.45, 7) is 6.54. The summed E-state index contributed by atoms with van der Waals surface area (Å²) in [6, 6.07) is 16.0. The number of nitrogens with one attached hydrogen (secondary N) is 1. The zero-order valence-electron chi connectivity index (χ0n) is 19.0. The molecule has 4 rings (SSSR count). The van der Waals surface area contributed by atoms with Crippen LogP contribution in [0.1, 0.15) is 25.5 Å². The van der Waals surface area contributed by atoms with Crippen LogP contribution in [0.5, 0.6) is 0 Å². The van der Waals surface area contributed by atoms with Crippen molar-refractivity contribution in [1.29, 1.82) is 0 Å². The quantitative estimate of drug-likeness (QED) is 0.694. The largest absolute Gasteiger partial charge is 0.379 e. The van der Waals surface area contributed by atoms with Crippen molar-refractivity contribution < 1.29 is 22.7 Å². The highest BCUT2D eigenvalue weighted by Gasteiger charge is 2.32. The Morgan fingerprint density at radius 1 is 1.06 bits per heavy atom. The molecule has 2 aliphatic heterocycles. The molecule has 2 aromatic rings. The molecule has 33 heavy (non-hydrogen) atoms. The Balaban J connectivity index is 1.44. The molecule has 0 saturated carbocycles. The number of morpholine rings is 2. The number of hydrogen-bond donors (Lipinski definition) is 1. The number of ether oxygens (including phenoxy) is 2. The Labute approximate surface area is 195 Å². The third kappa shape index (κ3) is 5.62. The van der Waals surface area contributed by atoms with Gasteiger partial charge < -0.3 is 14.8 Å². The Hall–Kier alpha value is -2.30. The predicted octanol–water partition coefficient (Wildman–Crippen LogP) is 2.50. The van der Waals surface area contributed by atoms with Gasteiger partial charge in [0.25, 0.3) is 0 Å². The minimum absolute atomic E-state index is 0.0128. The van der Waals surface area contributed by atoms with Gasteiger partial charge in [-0.2, -0.15) is 4.31 Å². The highest BCUT2D eigenvalue weighted by atomic mass is 32.2. The lowest BCUT2D eigenvalue weighted by Crippen LogP contribution is -2.51. The van der Waals surface area contributed by atoms with Crippen LogP contribution in [0.3, 0.4) is 0 Å². The van der Waals surface area contributed by atoms with Gasteiger partial charge in [-0.1, -0.05) is 36.4 Å². The molecule has 2 fully saturated rings. The van der Waals surface area contributed by atoms with E-state index in [1.54, 1.807) is 18.2 Å². The summed E-state index contributed by atoms with van der Waals surface area (Å²) in [6.07, 6.45) is -0.117. The minimum Gasteiger partial charge on any atom is -0.379 e. The van der Waals surface area contributed by atoms with Crippen LogP contribution >= 0.6 is 0 Å². The van der Waals surface area contributed by atoms with E-state index in [0.29, 0.717) is 45.1 Å². The van der Waals surface area contributed by atoms with Crippen molar-refractivity contribution >= 4 is 21.6 Å². The number of rotatable bonds is 6. The van der Waals surface area contributed by atoms with Gasteiger partial charge in [-0.3, -0.25) is 9.69 Å². The van der Waals surface area contributed by atoms with E-state index in [9.17, 15) is 13.2 Å². The van der Waals surface area contributed by atoms with E-state index in [1.165, 1.54) is 10.4 Å². The van der Waals surface area contributed by atoms with Gasteiger partial charge in [0.1, 0.15) is 0 Å². The molecule has 0 aromatic heterocycles. The van der Waals surface area contributed by atoms with Gasteiger partial charge in [-0.25, -0.2) is 8.42 Å². The molecule has 2 aliphatic rings. The second kappa shape index (κ2) is 10.3. The first-order chi connectivity index (χ1) is 15.8. The van der Waals surface area contributed by atoms with Gasteiger partial charge in [-0.05, 0) is 37.6 Å². The topological polar surface area (TPSA) is 88.2 Å². The average molecular weight is 474 g/mol. The highest BCUT2D eigenvalue weighted by molar-refractivity contribution is 7.89. The normalized spacial score (nSPS) is 23.7. The lowest BCUT2D eigenvalue weighted by Gasteiger charge is -2.39. The van der Waals surface area contributed by atoms with Crippen molar-refractivity contribution in [3.63, 3.8) is 0 Å². The summed E-state index contributed by atoms with van der Waals surface area (Å²) >= 11 is 0. The molecule has 0 radical (unpaired) electrons. The van der Waals surface area contributed by atoms with Crippen molar-refractivity contribution in [2.24, 2.45) is 0 Å². The van der Waals surface area contributed by atoms with Crippen molar-refractivity contribution in [1.82, 2.24) is 9.21 Å². The average Bonchev–Trinajstić information content (AvgIpc) is 2.84. The van der Waals surface area contributed by atoms with Crippen LogP contribution in [0, 0.1) is 0 Å². The van der Waals surface area contributed by atoms with Crippen molar-refractivity contribution in [3.05, 3.63) is 60.2 Å². The first-order valence-corrected chi connectivity index (χ1v) is 12.7. The fraction of sp³-hybridized carbons (Fsp3) is 0.458. The molecule has 3 unspecified atom stereocenters. The lowest BCUT2D eigenvalue weighted by molar-refractivity contribution is -0.128. The number of hydrogen-bond acceptors (Lipinski definition) is 6. The molecule has 1 amide bonds. The summed E-state index contributed by atoms with van der Waals surface area (Å²) in [4.78, 5) is 15.3. The van der Waals surface area contributed by atoms with Crippen LogP contribution in [0.25, 0.3) is 0 Å². The Kier molecular flexibility index (Phi) is 7.45. The molecule has 2 heterocycles. The van der Waals surface area contributed by atoms with Crippen LogP contribution in [0.15, 0.2) is 59.5 Å². The maximum atomic E-state index is 13.1. The third-order valence-electron chi connectivity index (χ3n) is 6.10. The van der Waals surface area contributed by atoms with Gasteiger partial charge >= 0.3 is 0 Å². The Morgan fingerprint density at radius 2 is 1.79 bits per heavy atom. The second-order valence-corrected chi connectivity index (χ2v) is 10.4. The van der Waals surface area contributed by atoms with E-state index < -0.39 is 16.1 Å². The minimum atomic E-state index is -3.63. The summed E-state index contributed by atoms with van der Waals surface area (Å²) < 4.78 is 38.7. The van der Waals surface area contributed by atoms with Crippen LogP contribution < -0.4 is 5.32 Å². The first kappa shape index (κ1) is 23.8. The molecule has 0 aliphatic carbocycles. The number of nitrogens with zero attached hydrogens (tertiary/aromatic N) is 2. The SMILES string of the molecule is CC1CN(C(C)C(=O)Nc2cccc(S(=O)(=O)N3CCOCC3)c2)CC(c2ccccc2)O1. The molecular weight excluding hydrogens is 442 g/mol. The van der Waals surface area contributed by atoms with E-state index >= 15 is 0 Å². The lowest BCUT2D eigenvalue weighted by atomic mass is 10.1. The molecule has 0 bridgehead atoms. The maximum absolute atomic E-state index is 13.1. The predicted molar refractivity (Wildman–Crippen MR) is 125 cm³/mol. The zero-order chi connectivity index (χ0) is 23.4. The third-order valence-corrected chi connectivity index (χ3v) is 7.99. The van der Waals surface area contributed by atoms with Crippen LogP contribution in [-0.4, -0.2) is 75.1 Å². The van der Waals surface area contributed by atoms with Crippen LogP contribution in [0.4, 0.5) is 5.69 Å². The monoisotopic (exact) mass is 473 g/mol. The van der Waals surface area contributed by atoms with Gasteiger partial charge in [0.05, 0.1) is 36.4 Å². The molecule has 3 atom stereocenters. The molecule has 1 N–H and O–H groups in total. The molecule has 8 nitrogen and oxygen atoms in total. The molecule has 2 aromatic carbocycles. The number of amides is 1. The summed E-state index contributed by atoms with van der Waals surface area (Å²) in [5.74, 6) is -0.183. The fourth-order valence-corrected chi connectivity index (χ4v) is 5.69. The van der Waals surface area contributed by atoms with E-state index in [1.807, 2.05) is 44.2 Å². The summed E-state index contributed by atoms with van der Waals surface area (Å²) in [5.41, 5.74) is 1.55. The second-order valence-electron chi connectivity index (χ2n) is 8.51. The first-order valence-electron chi connectivity index (χ1n) is 11.3. The van der Waals surface area contributed by atoms with Crippen molar-refractivity contribution in [2.45, 2.75) is 37.0 Å². The Bertz CT molecular complexity index is 1060. The highest BCUT2D eigenvalue weighted by Crippen LogP contribution is 2.27. The van der Waals surface area contributed by atoms with Crippen LogP contribution in [-0.2, 0) is 24.3 Å². The number of benzene rings is 2. The maximum Gasteiger partial charge on any atom is 0.243 e. The number of carbonyl (C=O) groups excluding carboxylic acids is 1. The van der Waals surface area contributed by atoms with Gasteiger partial charge in [0, 0.05) is 31.9 Å². The van der Waals surface area contributed by atoms with Crippen LogP contribution in [0.2, 0.25) is 0 Å². The van der Waals surface area contributed by atoms with E-state index in [-0.39, 0.29) is 23.0 Å². The molecule has 2 saturated heterocycles. The Morgan fingerprint density at radius 3 is 2.52 bits per heavy atom. The van der Waals surface area contributed by atoms with Crippen molar-refractivity contribution in [3.8, 4) is 0 Å². The zero-order valence-corrected chi connectivity index (χ0v) is 19.8. The number of anilines is 1. The van der Waals surface area contributed by atoms with E-state index in [0.717, 1.165) is 5.56 Å². The number of sulfonamides is 1. The molecule has 178 valence electrons. The van der Waals surface area contributed by atoms with Gasteiger partial charge in [0.2, 0.25) is 15.9 Å². The summed E-state index contributed by atoms with van der Waals surface area (Å²) in [7, 11) is -3.63. The summed E-state index contributed by atoms with van der Waals surface area (Å²) in [5, 5.41) is 2.89. The fourth-order valence-electron chi connectivity index (χ4n) is 4.24. The van der Waals surface area contributed by atoms with E-state index in [4.69, 9.17) is 9.47 Å². The molecular formula is C24H31N3O5S. The van der Waals surface area contributed by atoms with E-state index in [2.05, 4.69) is 10.2 Å². The smallest absolute Gasteiger partial charge is 0.243 e. The van der Waals surface area contributed by atoms with Crippen molar-refractivity contribution in [2.75, 3.05) is 44.7 Å². The van der Waals surface area contributed by atoms with Gasteiger partial charge in [-0.15, -0.1) is 0 Å². The number of carbonyl (C=O) groups is 1. The molecule has 0 spiro atoms. The molecule has 9 heteroatoms. The van der Waals surface area contributed by atoms with Gasteiger partial charge in [0.15, 0.2) is 0 Å².